The summed E-state index contributed by atoms with van der Waals surface area (Å²) in [6.07, 6.45) is 5.57. The standard InChI is InChI=1S/C26H35N5OS/c1-4-20-10-11-24-22(15-20)16-23(25(32)29-24)19-31(18-21-9-7-12-27-17-21)26(33)28-13-8-14-30(5-2)6-3/h7,9-12,15-17H,4-6,8,13-14,18-19H2,1-3H3,(H,28,33)(H,29,32). The van der Waals surface area contributed by atoms with Crippen molar-refractivity contribution >= 4 is 28.2 Å². The third-order valence-electron chi connectivity index (χ3n) is 5.96. The van der Waals surface area contributed by atoms with Crippen LogP contribution in [-0.2, 0) is 19.5 Å². The smallest absolute Gasteiger partial charge is 0.253 e. The average molecular weight is 466 g/mol. The molecule has 2 heterocycles. The largest absolute Gasteiger partial charge is 0.363 e. The lowest BCUT2D eigenvalue weighted by Gasteiger charge is -2.26. The minimum absolute atomic E-state index is 0.0766. The second-order valence-corrected chi connectivity index (χ2v) is 8.62. The molecule has 0 amide bonds. The van der Waals surface area contributed by atoms with Crippen molar-refractivity contribution in [1.82, 2.24) is 25.1 Å². The van der Waals surface area contributed by atoms with Gasteiger partial charge in [-0.2, -0.15) is 0 Å². The summed E-state index contributed by atoms with van der Waals surface area (Å²) in [6, 6.07) is 12.1. The second-order valence-electron chi connectivity index (χ2n) is 8.23. The maximum atomic E-state index is 12.8. The molecule has 0 bridgehead atoms. The Morgan fingerprint density at radius 1 is 1.09 bits per heavy atom. The molecular weight excluding hydrogens is 430 g/mol. The predicted octanol–water partition coefficient (Wildman–Crippen LogP) is 4.09. The van der Waals surface area contributed by atoms with Crippen LogP contribution in [-0.4, -0.2) is 51.1 Å². The molecule has 0 aliphatic rings. The molecule has 6 nitrogen and oxygen atoms in total. The molecule has 2 aromatic heterocycles. The summed E-state index contributed by atoms with van der Waals surface area (Å²) in [6.45, 7) is 11.5. The van der Waals surface area contributed by atoms with Crippen LogP contribution in [0, 0.1) is 0 Å². The van der Waals surface area contributed by atoms with E-state index >= 15 is 0 Å². The minimum atomic E-state index is -0.0766. The van der Waals surface area contributed by atoms with Gasteiger partial charge in [-0.05, 0) is 85.5 Å². The van der Waals surface area contributed by atoms with Gasteiger partial charge in [-0.1, -0.05) is 32.9 Å². The Kier molecular flexibility index (Phi) is 9.39. The van der Waals surface area contributed by atoms with Crippen LogP contribution in [0.3, 0.4) is 0 Å². The zero-order valence-electron chi connectivity index (χ0n) is 19.9. The van der Waals surface area contributed by atoms with Crippen LogP contribution >= 0.6 is 12.2 Å². The van der Waals surface area contributed by atoms with E-state index in [-0.39, 0.29) is 5.56 Å². The van der Waals surface area contributed by atoms with Crippen molar-refractivity contribution in [2.45, 2.75) is 46.7 Å². The lowest BCUT2D eigenvalue weighted by atomic mass is 10.1. The number of aromatic nitrogens is 2. The molecule has 3 rings (SSSR count). The highest BCUT2D eigenvalue weighted by Crippen LogP contribution is 2.16. The summed E-state index contributed by atoms with van der Waals surface area (Å²) >= 11 is 5.76. The topological polar surface area (TPSA) is 64.3 Å². The van der Waals surface area contributed by atoms with Gasteiger partial charge < -0.3 is 20.1 Å². The number of pyridine rings is 2. The maximum absolute atomic E-state index is 12.8. The van der Waals surface area contributed by atoms with Crippen molar-refractivity contribution in [1.29, 1.82) is 0 Å². The van der Waals surface area contributed by atoms with E-state index in [9.17, 15) is 4.79 Å². The Hall–Kier alpha value is -2.77. The number of rotatable bonds is 11. The molecule has 0 saturated carbocycles. The molecular formula is C26H35N5OS. The number of hydrogen-bond donors (Lipinski definition) is 2. The van der Waals surface area contributed by atoms with Crippen LogP contribution in [0.25, 0.3) is 10.9 Å². The predicted molar refractivity (Wildman–Crippen MR) is 140 cm³/mol. The molecule has 3 aromatic rings. The van der Waals surface area contributed by atoms with Crippen molar-refractivity contribution in [2.75, 3.05) is 26.2 Å². The third kappa shape index (κ3) is 7.11. The second kappa shape index (κ2) is 12.5. The fourth-order valence-electron chi connectivity index (χ4n) is 3.91. The number of H-pyrrole nitrogens is 1. The van der Waals surface area contributed by atoms with Gasteiger partial charge in [0.25, 0.3) is 5.56 Å². The van der Waals surface area contributed by atoms with Crippen LogP contribution in [0.1, 0.15) is 43.9 Å². The van der Waals surface area contributed by atoms with Gasteiger partial charge in [-0.25, -0.2) is 0 Å². The average Bonchev–Trinajstić information content (AvgIpc) is 2.84. The van der Waals surface area contributed by atoms with E-state index in [1.165, 1.54) is 5.56 Å². The Labute approximate surface area is 202 Å². The number of nitrogens with zero attached hydrogens (tertiary/aromatic N) is 3. The van der Waals surface area contributed by atoms with E-state index in [4.69, 9.17) is 12.2 Å². The van der Waals surface area contributed by atoms with Crippen molar-refractivity contribution in [2.24, 2.45) is 0 Å². The fraction of sp³-hybridized carbons (Fsp3) is 0.423. The number of hydrogen-bond acceptors (Lipinski definition) is 4. The van der Waals surface area contributed by atoms with Gasteiger partial charge in [0, 0.05) is 36.6 Å². The number of aryl methyl sites for hydroxylation is 1. The highest BCUT2D eigenvalue weighted by atomic mass is 32.1. The SMILES string of the molecule is CCc1ccc2[nH]c(=O)c(CN(Cc3cccnc3)C(=S)NCCCN(CC)CC)cc2c1. The first-order valence-corrected chi connectivity index (χ1v) is 12.2. The number of thiocarbonyl (C=S) groups is 1. The molecule has 0 aliphatic carbocycles. The molecule has 0 spiro atoms. The summed E-state index contributed by atoms with van der Waals surface area (Å²) in [7, 11) is 0. The van der Waals surface area contributed by atoms with Crippen molar-refractivity contribution in [3.63, 3.8) is 0 Å². The van der Waals surface area contributed by atoms with Gasteiger partial charge >= 0.3 is 0 Å². The zero-order chi connectivity index (χ0) is 23.6. The van der Waals surface area contributed by atoms with Crippen LogP contribution < -0.4 is 10.9 Å². The Bertz CT molecular complexity index is 1090. The maximum Gasteiger partial charge on any atom is 0.253 e. The fourth-order valence-corrected chi connectivity index (χ4v) is 4.14. The molecule has 0 aliphatic heterocycles. The van der Waals surface area contributed by atoms with Crippen LogP contribution in [0.2, 0.25) is 0 Å². The number of benzene rings is 1. The van der Waals surface area contributed by atoms with Crippen molar-refractivity contribution in [3.8, 4) is 0 Å². The van der Waals surface area contributed by atoms with Gasteiger partial charge in [0.2, 0.25) is 0 Å². The van der Waals surface area contributed by atoms with Gasteiger partial charge in [-0.15, -0.1) is 0 Å². The number of fused-ring (bicyclic) bond motifs is 1. The summed E-state index contributed by atoms with van der Waals surface area (Å²) in [5.74, 6) is 0. The summed E-state index contributed by atoms with van der Waals surface area (Å²) < 4.78 is 0. The van der Waals surface area contributed by atoms with Gasteiger partial charge in [0.15, 0.2) is 5.11 Å². The van der Waals surface area contributed by atoms with E-state index in [2.05, 4.69) is 53.1 Å². The Balaban J connectivity index is 1.77. The van der Waals surface area contributed by atoms with Gasteiger partial charge in [0.05, 0.1) is 6.54 Å². The molecule has 0 unspecified atom stereocenters. The first-order valence-electron chi connectivity index (χ1n) is 11.8. The Morgan fingerprint density at radius 2 is 1.91 bits per heavy atom. The summed E-state index contributed by atoms with van der Waals surface area (Å²) in [5, 5.41) is 5.10. The molecule has 0 radical (unpaired) electrons. The molecule has 1 aromatic carbocycles. The molecule has 0 atom stereocenters. The van der Waals surface area contributed by atoms with Gasteiger partial charge in [-0.3, -0.25) is 9.78 Å². The van der Waals surface area contributed by atoms with Crippen molar-refractivity contribution < 1.29 is 0 Å². The first-order chi connectivity index (χ1) is 16.0. The molecule has 33 heavy (non-hydrogen) atoms. The van der Waals surface area contributed by atoms with Crippen LogP contribution in [0.5, 0.6) is 0 Å². The van der Waals surface area contributed by atoms with Gasteiger partial charge in [0.1, 0.15) is 0 Å². The Morgan fingerprint density at radius 3 is 2.61 bits per heavy atom. The summed E-state index contributed by atoms with van der Waals surface area (Å²) in [4.78, 5) is 24.5. The molecule has 2 N–H and O–H groups in total. The van der Waals surface area contributed by atoms with E-state index in [1.54, 1.807) is 6.20 Å². The normalized spacial score (nSPS) is 11.2. The first kappa shape index (κ1) is 24.9. The van der Waals surface area contributed by atoms with E-state index in [0.717, 1.165) is 55.5 Å². The van der Waals surface area contributed by atoms with E-state index in [1.807, 2.05) is 35.4 Å². The highest BCUT2D eigenvalue weighted by molar-refractivity contribution is 7.80. The van der Waals surface area contributed by atoms with Crippen molar-refractivity contribution in [3.05, 3.63) is 75.8 Å². The minimum Gasteiger partial charge on any atom is -0.363 e. The monoisotopic (exact) mass is 465 g/mol. The molecule has 0 saturated heterocycles. The lowest BCUT2D eigenvalue weighted by Crippen LogP contribution is -2.41. The van der Waals surface area contributed by atoms with E-state index in [0.29, 0.717) is 23.8 Å². The zero-order valence-corrected chi connectivity index (χ0v) is 20.8. The third-order valence-corrected chi connectivity index (χ3v) is 6.36. The summed E-state index contributed by atoms with van der Waals surface area (Å²) in [5.41, 5.74) is 3.78. The lowest BCUT2D eigenvalue weighted by molar-refractivity contribution is 0.299. The van der Waals surface area contributed by atoms with Crippen LogP contribution in [0.15, 0.2) is 53.6 Å². The highest BCUT2D eigenvalue weighted by Gasteiger charge is 2.14. The molecule has 0 fully saturated rings. The molecule has 7 heteroatoms. The van der Waals surface area contributed by atoms with E-state index < -0.39 is 0 Å². The molecule has 176 valence electrons. The quantitative estimate of drug-likeness (QED) is 0.328. The van der Waals surface area contributed by atoms with Crippen LogP contribution in [0.4, 0.5) is 0 Å². The number of nitrogens with one attached hydrogen (secondary N) is 2. The number of aromatic amines is 1.